The van der Waals surface area contributed by atoms with E-state index in [0.717, 1.165) is 9.61 Å². The van der Waals surface area contributed by atoms with Crippen LogP contribution in [0, 0.1) is 13.8 Å². The fraction of sp³-hybridized carbons (Fsp3) is 0.111. The van der Waals surface area contributed by atoms with Crippen molar-refractivity contribution in [3.63, 3.8) is 0 Å². The zero-order chi connectivity index (χ0) is 17.9. The fourth-order valence-corrected chi connectivity index (χ4v) is 3.45. The summed E-state index contributed by atoms with van der Waals surface area (Å²) in [6.07, 6.45) is 1.33. The first kappa shape index (κ1) is 19.0. The Morgan fingerprint density at radius 1 is 0.880 bits per heavy atom. The lowest BCUT2D eigenvalue weighted by Gasteiger charge is -1.98. The number of benzene rings is 2. The Kier molecular flexibility index (Phi) is 7.94. The third-order valence-corrected chi connectivity index (χ3v) is 4.68. The Bertz CT molecular complexity index is 758. The minimum absolute atomic E-state index is 0.979. The maximum absolute atomic E-state index is 4.15. The van der Waals surface area contributed by atoms with Crippen molar-refractivity contribution in [2.45, 2.75) is 13.8 Å². The van der Waals surface area contributed by atoms with Gasteiger partial charge in [-0.15, -0.1) is 21.5 Å². The molecule has 128 valence electrons. The molecule has 2 aromatic heterocycles. The Balaban J connectivity index is 0.000000149. The zero-order valence-corrected chi connectivity index (χ0v) is 16.3. The highest BCUT2D eigenvalue weighted by Crippen LogP contribution is 2.20. The molecule has 0 bridgehead atoms. The molecule has 4 aromatic rings. The van der Waals surface area contributed by atoms with E-state index in [1.807, 2.05) is 19.1 Å². The van der Waals surface area contributed by atoms with Gasteiger partial charge in [-0.1, -0.05) is 65.9 Å². The van der Waals surface area contributed by atoms with Gasteiger partial charge in [-0.3, -0.25) is 0 Å². The quantitative estimate of drug-likeness (QED) is 0.470. The van der Waals surface area contributed by atoms with E-state index in [2.05, 4.69) is 97.0 Å². The summed E-state index contributed by atoms with van der Waals surface area (Å²) < 4.78 is 0.979. The summed E-state index contributed by atoms with van der Waals surface area (Å²) in [5.41, 5.74) is 3.68. The van der Waals surface area contributed by atoms with Gasteiger partial charge in [-0.05, 0) is 40.9 Å². The van der Waals surface area contributed by atoms with Crippen LogP contribution in [-0.4, -0.2) is 25.6 Å². The first-order valence-electron chi connectivity index (χ1n) is 7.53. The average Bonchev–Trinajstić information content (AvgIpc) is 3.31. The summed E-state index contributed by atoms with van der Waals surface area (Å²) in [6, 6.07) is 20.8. The molecular weight excluding hydrogens is 398 g/mol. The normalized spacial score (nSPS) is 9.40. The van der Waals surface area contributed by atoms with Crippen LogP contribution >= 0.6 is 27.3 Å². The van der Waals surface area contributed by atoms with Gasteiger partial charge in [0.25, 0.3) is 0 Å². The number of aryl methyl sites for hydroxylation is 2. The first-order valence-corrected chi connectivity index (χ1v) is 9.14. The summed E-state index contributed by atoms with van der Waals surface area (Å²) in [6.45, 7) is 4.08. The molecule has 4 rings (SSSR count). The summed E-state index contributed by atoms with van der Waals surface area (Å²) in [4.78, 5) is 5.43. The van der Waals surface area contributed by atoms with Gasteiger partial charge in [0.2, 0.25) is 0 Å². The van der Waals surface area contributed by atoms with Crippen LogP contribution in [0.15, 0.2) is 70.9 Å². The molecule has 1 N–H and O–H groups in total. The van der Waals surface area contributed by atoms with E-state index in [-0.39, 0.29) is 0 Å². The van der Waals surface area contributed by atoms with Crippen LogP contribution in [-0.2, 0) is 0 Å². The molecule has 5 nitrogen and oxygen atoms in total. The Hall–Kier alpha value is -2.38. The van der Waals surface area contributed by atoms with Crippen LogP contribution in [0.2, 0.25) is 0 Å². The highest BCUT2D eigenvalue weighted by atomic mass is 79.9. The second-order valence-electron chi connectivity index (χ2n) is 4.90. The Morgan fingerprint density at radius 2 is 1.44 bits per heavy atom. The molecule has 0 saturated heterocycles. The number of nitrogens with zero attached hydrogens (tertiary/aromatic N) is 4. The predicted octanol–water partition coefficient (Wildman–Crippen LogP) is 5.08. The largest absolute Gasteiger partial charge is 0.234 e. The molecule has 25 heavy (non-hydrogen) atoms. The summed E-state index contributed by atoms with van der Waals surface area (Å²) >= 11 is 4.97. The topological polar surface area (TPSA) is 67.3 Å². The second kappa shape index (κ2) is 10.5. The van der Waals surface area contributed by atoms with Crippen LogP contribution in [0.25, 0.3) is 11.1 Å². The highest BCUT2D eigenvalue weighted by Gasteiger charge is 1.97. The summed E-state index contributed by atoms with van der Waals surface area (Å²) in [7, 11) is 0. The molecule has 0 unspecified atom stereocenters. The number of tetrazole rings is 1. The SMILES string of the molecule is Cc1nc(Br)sc1C.c1ccc(-c2ccccc2)cc1.c1nn[nH]n1. The van der Waals surface area contributed by atoms with Gasteiger partial charge >= 0.3 is 0 Å². The van der Waals surface area contributed by atoms with Crippen LogP contribution < -0.4 is 0 Å². The number of aromatic amines is 1. The van der Waals surface area contributed by atoms with E-state index < -0.39 is 0 Å². The van der Waals surface area contributed by atoms with Crippen molar-refractivity contribution in [3.05, 3.63) is 81.5 Å². The molecule has 0 spiro atoms. The minimum Gasteiger partial charge on any atom is -0.234 e. The number of hydrogen-bond acceptors (Lipinski definition) is 5. The Morgan fingerprint density at radius 3 is 1.68 bits per heavy atom. The van der Waals surface area contributed by atoms with Crippen molar-refractivity contribution in [2.75, 3.05) is 0 Å². The molecule has 0 saturated carbocycles. The predicted molar refractivity (Wildman–Crippen MR) is 105 cm³/mol. The van der Waals surface area contributed by atoms with Gasteiger partial charge in [0.1, 0.15) is 0 Å². The lowest BCUT2D eigenvalue weighted by molar-refractivity contribution is 0.881. The molecule has 0 radical (unpaired) electrons. The number of aromatic nitrogens is 5. The van der Waals surface area contributed by atoms with Crippen molar-refractivity contribution in [1.29, 1.82) is 0 Å². The van der Waals surface area contributed by atoms with E-state index in [1.165, 1.54) is 22.3 Å². The molecule has 0 aliphatic carbocycles. The van der Waals surface area contributed by atoms with E-state index in [4.69, 9.17) is 0 Å². The smallest absolute Gasteiger partial charge is 0.161 e. The van der Waals surface area contributed by atoms with Crippen molar-refractivity contribution in [2.24, 2.45) is 0 Å². The standard InChI is InChI=1S/C12H10.C5H6BrNS.CH2N4/c1-3-7-11(8-4-1)12-9-5-2-6-10-12;1-3-4(2)8-5(6)7-3;1-2-4-5-3-1/h1-10H;1-2H3;1H,(H,2,3,4,5). The first-order chi connectivity index (χ1) is 12.2. The van der Waals surface area contributed by atoms with E-state index in [1.54, 1.807) is 11.3 Å². The van der Waals surface area contributed by atoms with Gasteiger partial charge in [-0.25, -0.2) is 4.98 Å². The van der Waals surface area contributed by atoms with Crippen LogP contribution in [0.4, 0.5) is 0 Å². The molecule has 0 aliphatic rings. The van der Waals surface area contributed by atoms with Crippen molar-refractivity contribution >= 4 is 27.3 Å². The molecule has 2 heterocycles. The summed E-state index contributed by atoms with van der Waals surface area (Å²) in [5.74, 6) is 0. The number of rotatable bonds is 1. The van der Waals surface area contributed by atoms with Crippen molar-refractivity contribution in [1.82, 2.24) is 25.6 Å². The van der Waals surface area contributed by atoms with Crippen LogP contribution in [0.1, 0.15) is 10.6 Å². The van der Waals surface area contributed by atoms with Gasteiger partial charge in [-0.2, -0.15) is 5.21 Å². The van der Waals surface area contributed by atoms with Gasteiger partial charge in [0.15, 0.2) is 10.2 Å². The fourth-order valence-electron chi connectivity index (χ4n) is 1.82. The van der Waals surface area contributed by atoms with Gasteiger partial charge < -0.3 is 0 Å². The molecule has 0 atom stereocenters. The third-order valence-electron chi connectivity index (χ3n) is 3.15. The maximum atomic E-state index is 4.15. The number of hydrogen-bond donors (Lipinski definition) is 1. The van der Waals surface area contributed by atoms with Crippen LogP contribution in [0.5, 0.6) is 0 Å². The van der Waals surface area contributed by atoms with E-state index in [9.17, 15) is 0 Å². The molecule has 0 aliphatic heterocycles. The molecule has 2 aromatic carbocycles. The van der Waals surface area contributed by atoms with E-state index in [0.29, 0.717) is 0 Å². The Labute approximate surface area is 159 Å². The lowest BCUT2D eigenvalue weighted by Crippen LogP contribution is -1.73. The molecular formula is C18H18BrN5S. The van der Waals surface area contributed by atoms with Crippen molar-refractivity contribution in [3.8, 4) is 11.1 Å². The number of nitrogens with one attached hydrogen (secondary N) is 1. The second-order valence-corrected chi connectivity index (χ2v) is 7.38. The van der Waals surface area contributed by atoms with Crippen LogP contribution in [0.3, 0.4) is 0 Å². The molecule has 0 amide bonds. The zero-order valence-electron chi connectivity index (χ0n) is 13.9. The van der Waals surface area contributed by atoms with Gasteiger partial charge in [0, 0.05) is 4.88 Å². The molecule has 7 heteroatoms. The third kappa shape index (κ3) is 6.94. The number of halogens is 1. The maximum Gasteiger partial charge on any atom is 0.161 e. The van der Waals surface area contributed by atoms with E-state index >= 15 is 0 Å². The van der Waals surface area contributed by atoms with Gasteiger partial charge in [0.05, 0.1) is 5.69 Å². The summed E-state index contributed by atoms with van der Waals surface area (Å²) in [5, 5.41) is 12.2. The number of thiazole rings is 1. The lowest BCUT2D eigenvalue weighted by atomic mass is 10.1. The average molecular weight is 416 g/mol. The monoisotopic (exact) mass is 415 g/mol. The number of H-pyrrole nitrogens is 1. The molecule has 0 fully saturated rings. The minimum atomic E-state index is 0.979. The van der Waals surface area contributed by atoms with Crippen molar-refractivity contribution < 1.29 is 0 Å². The highest BCUT2D eigenvalue weighted by molar-refractivity contribution is 9.11.